The molecule has 26 heavy (non-hydrogen) atoms. The van der Waals surface area contributed by atoms with Crippen molar-refractivity contribution in [1.29, 1.82) is 0 Å². The molecule has 4 rings (SSSR count). The molecule has 0 saturated heterocycles. The first-order valence-corrected chi connectivity index (χ1v) is 9.36. The molecule has 0 atom stereocenters. The number of hydrogen-bond donors (Lipinski definition) is 4. The Labute approximate surface area is 156 Å². The van der Waals surface area contributed by atoms with Gasteiger partial charge in [0, 0.05) is 24.8 Å². The Balaban J connectivity index is 0.000000152. The van der Waals surface area contributed by atoms with Gasteiger partial charge >= 0.3 is 0 Å². The number of rotatable bonds is 4. The molecule has 12 heteroatoms. The molecule has 4 aromatic heterocycles. The van der Waals surface area contributed by atoms with Crippen LogP contribution in [0.4, 0.5) is 11.9 Å². The topological polar surface area (TPSA) is 161 Å². The lowest BCUT2D eigenvalue weighted by molar-refractivity contribution is 0.973. The second kappa shape index (κ2) is 8.82. The first-order valence-electron chi connectivity index (χ1n) is 7.21. The summed E-state index contributed by atoms with van der Waals surface area (Å²) in [7, 11) is 2.58. The highest BCUT2D eigenvalue weighted by molar-refractivity contribution is 8.76. The molecular formula is C14H14N10S2. The number of nitrogens with zero attached hydrogens (tertiary/aromatic N) is 6. The van der Waals surface area contributed by atoms with Crippen LogP contribution in [0.3, 0.4) is 0 Å². The first kappa shape index (κ1) is 17.7. The van der Waals surface area contributed by atoms with Crippen molar-refractivity contribution < 1.29 is 0 Å². The van der Waals surface area contributed by atoms with E-state index in [1.54, 1.807) is 24.8 Å². The fraction of sp³-hybridized carbons (Fsp3) is 0. The van der Waals surface area contributed by atoms with Crippen LogP contribution in [0.5, 0.6) is 0 Å². The van der Waals surface area contributed by atoms with Crippen molar-refractivity contribution in [3.8, 4) is 11.1 Å². The van der Waals surface area contributed by atoms with E-state index >= 15 is 0 Å². The summed E-state index contributed by atoms with van der Waals surface area (Å²) in [6.45, 7) is 0. The predicted molar refractivity (Wildman–Crippen MR) is 101 cm³/mol. The molecular weight excluding hydrogens is 372 g/mol. The Kier molecular flexibility index (Phi) is 6.01. The van der Waals surface area contributed by atoms with Gasteiger partial charge in [-0.1, -0.05) is 0 Å². The molecule has 0 saturated carbocycles. The maximum absolute atomic E-state index is 5.34. The average molecular weight is 386 g/mol. The highest BCUT2D eigenvalue weighted by atomic mass is 33.1. The molecule has 0 bridgehead atoms. The lowest BCUT2D eigenvalue weighted by Gasteiger charge is -1.97. The van der Waals surface area contributed by atoms with Gasteiger partial charge in [-0.15, -0.1) is 10.2 Å². The molecule has 0 aromatic carbocycles. The van der Waals surface area contributed by atoms with Crippen molar-refractivity contribution in [3.63, 3.8) is 0 Å². The van der Waals surface area contributed by atoms with Gasteiger partial charge in [-0.3, -0.25) is 9.97 Å². The van der Waals surface area contributed by atoms with Crippen LogP contribution in [0.2, 0.25) is 0 Å². The zero-order chi connectivity index (χ0) is 18.2. The molecule has 6 N–H and O–H groups in total. The molecule has 0 aliphatic heterocycles. The number of H-pyrrole nitrogens is 2. The van der Waals surface area contributed by atoms with E-state index in [4.69, 9.17) is 11.5 Å². The quantitative estimate of drug-likeness (QED) is 0.382. The summed E-state index contributed by atoms with van der Waals surface area (Å²) in [4.78, 5) is 15.7. The van der Waals surface area contributed by atoms with E-state index in [-0.39, 0.29) is 11.9 Å². The molecule has 0 amide bonds. The first-order chi connectivity index (χ1) is 12.7. The van der Waals surface area contributed by atoms with E-state index < -0.39 is 0 Å². The standard InChI is InChI=1S/C10H8N2.C4H6N8S2/c1-5-11-6-2-9(1)10-3-7-12-8-4-10;5-1-7-3(11-9-1)13-14-4-8-2(6)10-12-4/h1-8H;(H3,5,7,9,11)(H3,6,8,10,12). The van der Waals surface area contributed by atoms with Crippen molar-refractivity contribution in [2.75, 3.05) is 11.5 Å². The molecule has 0 aliphatic rings. The smallest absolute Gasteiger partial charge is 0.221 e. The van der Waals surface area contributed by atoms with E-state index in [9.17, 15) is 0 Å². The Morgan fingerprint density at radius 2 is 1.04 bits per heavy atom. The van der Waals surface area contributed by atoms with Gasteiger partial charge in [0.25, 0.3) is 0 Å². The number of nitrogens with two attached hydrogens (primary N) is 2. The molecule has 10 nitrogen and oxygen atoms in total. The Hall–Kier alpha value is -3.12. The van der Waals surface area contributed by atoms with Crippen molar-refractivity contribution in [2.45, 2.75) is 10.3 Å². The average Bonchev–Trinajstić information content (AvgIpc) is 3.30. The van der Waals surface area contributed by atoms with E-state index in [0.29, 0.717) is 10.3 Å². The van der Waals surface area contributed by atoms with Gasteiger partial charge in [-0.05, 0) is 57.0 Å². The van der Waals surface area contributed by atoms with Crippen LogP contribution in [0.25, 0.3) is 11.1 Å². The van der Waals surface area contributed by atoms with Crippen LogP contribution in [-0.2, 0) is 0 Å². The van der Waals surface area contributed by atoms with Gasteiger partial charge in [0.2, 0.25) is 22.2 Å². The number of nitrogen functional groups attached to an aromatic ring is 2. The van der Waals surface area contributed by atoms with Gasteiger partial charge < -0.3 is 11.5 Å². The third-order valence-electron chi connectivity index (χ3n) is 2.85. The Morgan fingerprint density at radius 3 is 1.35 bits per heavy atom. The Morgan fingerprint density at radius 1 is 0.654 bits per heavy atom. The molecule has 0 fully saturated rings. The highest BCUT2D eigenvalue weighted by Crippen LogP contribution is 2.33. The third-order valence-corrected chi connectivity index (χ3v) is 4.74. The zero-order valence-electron chi connectivity index (χ0n) is 13.3. The van der Waals surface area contributed by atoms with Gasteiger partial charge in [0.05, 0.1) is 0 Å². The monoisotopic (exact) mass is 386 g/mol. The number of pyridine rings is 2. The predicted octanol–water partition coefficient (Wildman–Crippen LogP) is 2.03. The van der Waals surface area contributed by atoms with Crippen LogP contribution in [0.15, 0.2) is 59.4 Å². The maximum Gasteiger partial charge on any atom is 0.221 e. The number of aromatic amines is 2. The number of anilines is 2. The second-order valence-corrected chi connectivity index (χ2v) is 6.71. The van der Waals surface area contributed by atoms with Crippen LogP contribution in [0.1, 0.15) is 0 Å². The normalized spacial score (nSPS) is 10.2. The summed E-state index contributed by atoms with van der Waals surface area (Å²) in [6.07, 6.45) is 7.15. The SMILES string of the molecule is Nc1nc(SSc2n[nH]c(N)n2)n[nH]1.c1cc(-c2ccncc2)ccn1. The van der Waals surface area contributed by atoms with Crippen LogP contribution in [0, 0.1) is 0 Å². The number of hydrogen-bond acceptors (Lipinski definition) is 10. The van der Waals surface area contributed by atoms with Crippen molar-refractivity contribution in [2.24, 2.45) is 0 Å². The number of aromatic nitrogens is 8. The fourth-order valence-electron chi connectivity index (χ4n) is 1.75. The van der Waals surface area contributed by atoms with Gasteiger partial charge in [-0.25, -0.2) is 10.2 Å². The second-order valence-electron chi connectivity index (χ2n) is 4.64. The number of nitrogens with one attached hydrogen (secondary N) is 2. The Bertz CT molecular complexity index is 847. The summed E-state index contributed by atoms with van der Waals surface area (Å²) < 4.78 is 0. The van der Waals surface area contributed by atoms with Gasteiger partial charge in [0.15, 0.2) is 0 Å². The fourth-order valence-corrected chi connectivity index (χ4v) is 3.23. The lowest BCUT2D eigenvalue weighted by atomic mass is 10.1. The van der Waals surface area contributed by atoms with Crippen LogP contribution in [-0.4, -0.2) is 40.3 Å². The largest absolute Gasteiger partial charge is 0.368 e. The molecule has 4 aromatic rings. The summed E-state index contributed by atoms with van der Waals surface area (Å²) in [5.41, 5.74) is 13.0. The van der Waals surface area contributed by atoms with E-state index in [1.807, 2.05) is 24.3 Å². The molecule has 0 spiro atoms. The molecule has 0 radical (unpaired) electrons. The summed E-state index contributed by atoms with van der Waals surface area (Å²) in [6, 6.07) is 7.93. The summed E-state index contributed by atoms with van der Waals surface area (Å²) in [5.74, 6) is 0.560. The van der Waals surface area contributed by atoms with Crippen molar-refractivity contribution >= 4 is 33.5 Å². The molecule has 132 valence electrons. The summed E-state index contributed by atoms with van der Waals surface area (Å²) >= 11 is 0. The van der Waals surface area contributed by atoms with E-state index in [2.05, 4.69) is 40.3 Å². The minimum absolute atomic E-state index is 0.280. The maximum atomic E-state index is 5.34. The zero-order valence-corrected chi connectivity index (χ0v) is 14.9. The lowest BCUT2D eigenvalue weighted by Crippen LogP contribution is -1.85. The van der Waals surface area contributed by atoms with Crippen molar-refractivity contribution in [3.05, 3.63) is 49.1 Å². The van der Waals surface area contributed by atoms with E-state index in [1.165, 1.54) is 32.7 Å². The van der Waals surface area contributed by atoms with Crippen LogP contribution < -0.4 is 11.5 Å². The van der Waals surface area contributed by atoms with Gasteiger partial charge in [-0.2, -0.15) is 9.97 Å². The van der Waals surface area contributed by atoms with Crippen LogP contribution >= 0.6 is 21.6 Å². The van der Waals surface area contributed by atoms with Gasteiger partial charge in [0.1, 0.15) is 0 Å². The third kappa shape index (κ3) is 5.19. The highest BCUT2D eigenvalue weighted by Gasteiger charge is 2.06. The molecule has 0 aliphatic carbocycles. The van der Waals surface area contributed by atoms with Crippen molar-refractivity contribution in [1.82, 2.24) is 40.3 Å². The summed E-state index contributed by atoms with van der Waals surface area (Å²) in [5, 5.41) is 13.7. The minimum Gasteiger partial charge on any atom is -0.368 e. The minimum atomic E-state index is 0.280. The van der Waals surface area contributed by atoms with E-state index in [0.717, 1.165) is 0 Å². The molecule has 0 unspecified atom stereocenters. The molecule has 4 heterocycles.